The van der Waals surface area contributed by atoms with Crippen molar-refractivity contribution in [2.24, 2.45) is 11.8 Å². The first-order chi connectivity index (χ1) is 8.70. The lowest BCUT2D eigenvalue weighted by Gasteiger charge is -2.34. The number of aliphatic hydroxyl groups is 1. The first-order valence-corrected chi connectivity index (χ1v) is 7.51. The van der Waals surface area contributed by atoms with Crippen LogP contribution in [-0.2, 0) is 6.42 Å². The molecule has 1 aromatic rings. The molecule has 1 aliphatic carbocycles. The Balaban J connectivity index is 1.97. The van der Waals surface area contributed by atoms with Gasteiger partial charge < -0.3 is 5.11 Å². The highest BCUT2D eigenvalue weighted by atomic mass is 35.5. The summed E-state index contributed by atoms with van der Waals surface area (Å²) in [7, 11) is 0. The minimum absolute atomic E-state index is 0.198. The third-order valence-electron chi connectivity index (χ3n) is 4.34. The molecule has 0 amide bonds. The molecule has 0 aromatic heterocycles. The van der Waals surface area contributed by atoms with E-state index >= 15 is 0 Å². The molecule has 1 aliphatic rings. The number of rotatable bonds is 4. The average molecular weight is 267 g/mol. The van der Waals surface area contributed by atoms with Crippen molar-refractivity contribution in [3.8, 4) is 0 Å². The van der Waals surface area contributed by atoms with Crippen LogP contribution in [0.2, 0.25) is 5.02 Å². The van der Waals surface area contributed by atoms with Crippen molar-refractivity contribution in [3.05, 3.63) is 34.9 Å². The molecule has 2 rings (SSSR count). The van der Waals surface area contributed by atoms with Crippen molar-refractivity contribution in [1.82, 2.24) is 0 Å². The largest absolute Gasteiger partial charge is 0.392 e. The minimum atomic E-state index is -0.198. The van der Waals surface area contributed by atoms with Gasteiger partial charge in [0.1, 0.15) is 0 Å². The van der Waals surface area contributed by atoms with Crippen molar-refractivity contribution in [3.63, 3.8) is 0 Å². The maximum Gasteiger partial charge on any atom is 0.0611 e. The molecule has 0 aliphatic heterocycles. The molecule has 0 heterocycles. The Hall–Kier alpha value is -0.530. The van der Waals surface area contributed by atoms with Crippen molar-refractivity contribution in [1.29, 1.82) is 0 Å². The Morgan fingerprint density at radius 3 is 2.56 bits per heavy atom. The van der Waals surface area contributed by atoms with E-state index in [-0.39, 0.29) is 6.10 Å². The summed E-state index contributed by atoms with van der Waals surface area (Å²) in [5.41, 5.74) is 1.19. The molecule has 1 saturated carbocycles. The SMILES string of the molecule is CCC1CCCCC1C(O)Cc1ccc(Cl)cc1. The van der Waals surface area contributed by atoms with Crippen molar-refractivity contribution in [2.75, 3.05) is 0 Å². The van der Waals surface area contributed by atoms with Crippen LogP contribution in [-0.4, -0.2) is 11.2 Å². The Morgan fingerprint density at radius 1 is 1.22 bits per heavy atom. The van der Waals surface area contributed by atoms with Gasteiger partial charge in [0, 0.05) is 5.02 Å². The molecule has 3 atom stereocenters. The standard InChI is InChI=1S/C16H23ClO/c1-2-13-5-3-4-6-15(13)16(18)11-12-7-9-14(17)10-8-12/h7-10,13,15-16,18H,2-6,11H2,1H3. The number of halogens is 1. The average Bonchev–Trinajstić information content (AvgIpc) is 2.41. The lowest BCUT2D eigenvalue weighted by Crippen LogP contribution is -2.32. The summed E-state index contributed by atoms with van der Waals surface area (Å²) in [6, 6.07) is 7.86. The number of aliphatic hydroxyl groups excluding tert-OH is 1. The van der Waals surface area contributed by atoms with Gasteiger partial charge in [-0.25, -0.2) is 0 Å². The number of benzene rings is 1. The third-order valence-corrected chi connectivity index (χ3v) is 4.60. The molecule has 1 N–H and O–H groups in total. The Labute approximate surface area is 115 Å². The molecule has 1 nitrogen and oxygen atoms in total. The summed E-state index contributed by atoms with van der Waals surface area (Å²) in [4.78, 5) is 0. The second kappa shape index (κ2) is 6.58. The first kappa shape index (κ1) is 13.9. The van der Waals surface area contributed by atoms with Crippen LogP contribution in [0, 0.1) is 11.8 Å². The third kappa shape index (κ3) is 3.49. The van der Waals surface area contributed by atoms with Crippen LogP contribution in [0.3, 0.4) is 0 Å². The smallest absolute Gasteiger partial charge is 0.0611 e. The molecule has 18 heavy (non-hydrogen) atoms. The van der Waals surface area contributed by atoms with Crippen LogP contribution in [0.25, 0.3) is 0 Å². The van der Waals surface area contributed by atoms with E-state index < -0.39 is 0 Å². The van der Waals surface area contributed by atoms with Crippen LogP contribution in [0.4, 0.5) is 0 Å². The number of hydrogen-bond donors (Lipinski definition) is 1. The highest BCUT2D eigenvalue weighted by Gasteiger charge is 2.29. The lowest BCUT2D eigenvalue weighted by atomic mass is 9.74. The van der Waals surface area contributed by atoms with Crippen molar-refractivity contribution in [2.45, 2.75) is 51.6 Å². The van der Waals surface area contributed by atoms with E-state index in [0.717, 1.165) is 11.4 Å². The minimum Gasteiger partial charge on any atom is -0.392 e. The highest BCUT2D eigenvalue weighted by Crippen LogP contribution is 2.35. The molecular weight excluding hydrogens is 244 g/mol. The van der Waals surface area contributed by atoms with E-state index in [1.807, 2.05) is 24.3 Å². The van der Waals surface area contributed by atoms with Gasteiger partial charge >= 0.3 is 0 Å². The zero-order valence-corrected chi connectivity index (χ0v) is 11.9. The summed E-state index contributed by atoms with van der Waals surface area (Å²) in [6.07, 6.45) is 6.85. The van der Waals surface area contributed by atoms with Gasteiger partial charge in [-0.15, -0.1) is 0 Å². The highest BCUT2D eigenvalue weighted by molar-refractivity contribution is 6.30. The summed E-state index contributed by atoms with van der Waals surface area (Å²) in [5, 5.41) is 11.2. The second-order valence-electron chi connectivity index (χ2n) is 5.51. The van der Waals surface area contributed by atoms with E-state index in [9.17, 15) is 5.11 Å². The van der Waals surface area contributed by atoms with Crippen LogP contribution >= 0.6 is 11.6 Å². The molecule has 2 heteroatoms. The molecule has 1 fully saturated rings. The summed E-state index contributed by atoms with van der Waals surface area (Å²) in [5.74, 6) is 1.19. The van der Waals surface area contributed by atoms with E-state index in [4.69, 9.17) is 11.6 Å². The Bertz CT molecular complexity index is 360. The normalized spacial score (nSPS) is 25.9. The zero-order valence-electron chi connectivity index (χ0n) is 11.1. The fourth-order valence-corrected chi connectivity index (χ4v) is 3.39. The molecule has 0 bridgehead atoms. The van der Waals surface area contributed by atoms with Crippen LogP contribution in [0.5, 0.6) is 0 Å². The molecule has 0 spiro atoms. The maximum absolute atomic E-state index is 10.5. The van der Waals surface area contributed by atoms with E-state index in [1.165, 1.54) is 37.7 Å². The van der Waals surface area contributed by atoms with Crippen LogP contribution < -0.4 is 0 Å². The van der Waals surface area contributed by atoms with E-state index in [2.05, 4.69) is 6.92 Å². The van der Waals surface area contributed by atoms with Gasteiger partial charge in [-0.1, -0.05) is 56.3 Å². The van der Waals surface area contributed by atoms with E-state index in [1.54, 1.807) is 0 Å². The quantitative estimate of drug-likeness (QED) is 0.853. The van der Waals surface area contributed by atoms with Gasteiger partial charge in [0.2, 0.25) is 0 Å². The topological polar surface area (TPSA) is 20.2 Å². The first-order valence-electron chi connectivity index (χ1n) is 7.13. The van der Waals surface area contributed by atoms with Gasteiger partial charge in [-0.3, -0.25) is 0 Å². The summed E-state index contributed by atoms with van der Waals surface area (Å²) < 4.78 is 0. The molecule has 1 aromatic carbocycles. The van der Waals surface area contributed by atoms with Crippen LogP contribution in [0.15, 0.2) is 24.3 Å². The molecular formula is C16H23ClO. The maximum atomic E-state index is 10.5. The Kier molecular flexibility index (Phi) is 5.08. The van der Waals surface area contributed by atoms with Gasteiger partial charge in [0.15, 0.2) is 0 Å². The fourth-order valence-electron chi connectivity index (χ4n) is 3.26. The van der Waals surface area contributed by atoms with Crippen molar-refractivity contribution < 1.29 is 5.11 Å². The summed E-state index contributed by atoms with van der Waals surface area (Å²) in [6.45, 7) is 2.25. The molecule has 0 radical (unpaired) electrons. The molecule has 100 valence electrons. The predicted molar refractivity (Wildman–Crippen MR) is 76.9 cm³/mol. The van der Waals surface area contributed by atoms with Gasteiger partial charge in [0.05, 0.1) is 6.10 Å². The predicted octanol–water partition coefficient (Wildman–Crippen LogP) is 4.46. The second-order valence-corrected chi connectivity index (χ2v) is 5.95. The zero-order chi connectivity index (χ0) is 13.0. The molecule has 0 saturated heterocycles. The van der Waals surface area contributed by atoms with Gasteiger partial charge in [-0.2, -0.15) is 0 Å². The Morgan fingerprint density at radius 2 is 1.89 bits per heavy atom. The monoisotopic (exact) mass is 266 g/mol. The van der Waals surface area contributed by atoms with Gasteiger partial charge in [-0.05, 0) is 42.4 Å². The van der Waals surface area contributed by atoms with Crippen molar-refractivity contribution >= 4 is 11.6 Å². The summed E-state index contributed by atoms with van der Waals surface area (Å²) >= 11 is 5.88. The van der Waals surface area contributed by atoms with E-state index in [0.29, 0.717) is 11.8 Å². The molecule has 3 unspecified atom stereocenters. The number of hydrogen-bond acceptors (Lipinski definition) is 1. The fraction of sp³-hybridized carbons (Fsp3) is 0.625. The van der Waals surface area contributed by atoms with Gasteiger partial charge in [0.25, 0.3) is 0 Å². The lowest BCUT2D eigenvalue weighted by molar-refractivity contribution is 0.0464. The van der Waals surface area contributed by atoms with Crippen LogP contribution in [0.1, 0.15) is 44.6 Å².